The second kappa shape index (κ2) is 12.1. The summed E-state index contributed by atoms with van der Waals surface area (Å²) in [5.41, 5.74) is 0.720. The fraction of sp³-hybridized carbons (Fsp3) is 0.316. The monoisotopic (exact) mass is 380 g/mol. The third kappa shape index (κ3) is 7.74. The van der Waals surface area contributed by atoms with Gasteiger partial charge in [-0.2, -0.15) is 0 Å². The van der Waals surface area contributed by atoms with E-state index in [1.165, 1.54) is 0 Å². The number of hydrogen-bond donors (Lipinski definition) is 2. The predicted molar refractivity (Wildman–Crippen MR) is 105 cm³/mol. The maximum absolute atomic E-state index is 11.8. The largest absolute Gasteiger partial charge is 0.494 e. The van der Waals surface area contributed by atoms with Crippen molar-refractivity contribution in [2.45, 2.75) is 6.92 Å². The maximum atomic E-state index is 11.8. The highest BCUT2D eigenvalue weighted by Gasteiger charge is 2.03. The topological polar surface area (TPSA) is 68.8 Å². The van der Waals surface area contributed by atoms with E-state index in [4.69, 9.17) is 14.2 Å². The lowest BCUT2D eigenvalue weighted by Crippen LogP contribution is -2.30. The molecule has 0 aliphatic heterocycles. The van der Waals surface area contributed by atoms with E-state index in [-0.39, 0.29) is 24.9 Å². The zero-order chi connectivity index (χ0) is 17.9. The van der Waals surface area contributed by atoms with Crippen LogP contribution in [0.5, 0.6) is 17.2 Å². The van der Waals surface area contributed by atoms with Gasteiger partial charge in [0.15, 0.2) is 0 Å². The van der Waals surface area contributed by atoms with Crippen LogP contribution in [0, 0.1) is 0 Å². The van der Waals surface area contributed by atoms with Crippen molar-refractivity contribution in [1.29, 1.82) is 0 Å². The van der Waals surface area contributed by atoms with Crippen LogP contribution in [0.3, 0.4) is 0 Å². The van der Waals surface area contributed by atoms with E-state index < -0.39 is 0 Å². The van der Waals surface area contributed by atoms with E-state index in [0.29, 0.717) is 25.5 Å². The molecular formula is C19H25ClN2O4. The second-order valence-electron chi connectivity index (χ2n) is 5.25. The molecule has 7 heteroatoms. The predicted octanol–water partition coefficient (Wildman–Crippen LogP) is 3.47. The number of carbonyl (C=O) groups is 1. The van der Waals surface area contributed by atoms with Crippen molar-refractivity contribution in [3.05, 3.63) is 48.5 Å². The molecule has 26 heavy (non-hydrogen) atoms. The first-order valence-corrected chi connectivity index (χ1v) is 8.21. The number of ether oxygens (including phenoxy) is 3. The van der Waals surface area contributed by atoms with Gasteiger partial charge in [-0.05, 0) is 55.5 Å². The van der Waals surface area contributed by atoms with E-state index in [2.05, 4.69) is 10.6 Å². The highest BCUT2D eigenvalue weighted by Crippen LogP contribution is 2.25. The molecule has 0 spiro atoms. The summed E-state index contributed by atoms with van der Waals surface area (Å²) in [4.78, 5) is 11.8. The third-order valence-corrected chi connectivity index (χ3v) is 3.28. The maximum Gasteiger partial charge on any atom is 0.238 e. The molecule has 2 aromatic rings. The van der Waals surface area contributed by atoms with Gasteiger partial charge in [0.2, 0.25) is 5.91 Å². The summed E-state index contributed by atoms with van der Waals surface area (Å²) in [5.74, 6) is 2.13. The molecule has 0 atom stereocenters. The van der Waals surface area contributed by atoms with Crippen LogP contribution in [0.4, 0.5) is 5.69 Å². The molecule has 0 aromatic heterocycles. The molecule has 1 amide bonds. The van der Waals surface area contributed by atoms with Gasteiger partial charge in [0, 0.05) is 19.3 Å². The Kier molecular flexibility index (Phi) is 10.2. The van der Waals surface area contributed by atoms with Crippen molar-refractivity contribution in [1.82, 2.24) is 5.32 Å². The molecule has 142 valence electrons. The molecule has 0 bridgehead atoms. The van der Waals surface area contributed by atoms with Crippen LogP contribution < -0.4 is 20.1 Å². The van der Waals surface area contributed by atoms with Crippen molar-refractivity contribution < 1.29 is 19.0 Å². The van der Waals surface area contributed by atoms with Gasteiger partial charge < -0.3 is 24.8 Å². The zero-order valence-electron chi connectivity index (χ0n) is 15.0. The first-order chi connectivity index (χ1) is 12.2. The molecule has 2 N–H and O–H groups in total. The lowest BCUT2D eigenvalue weighted by atomic mass is 10.3. The van der Waals surface area contributed by atoms with Crippen LogP contribution in [0.15, 0.2) is 48.5 Å². The average molecular weight is 381 g/mol. The van der Waals surface area contributed by atoms with Gasteiger partial charge in [-0.25, -0.2) is 0 Å². The number of benzene rings is 2. The Hall–Kier alpha value is -2.28. The molecule has 2 rings (SSSR count). The molecule has 6 nitrogen and oxygen atoms in total. The number of methoxy groups -OCH3 is 1. The van der Waals surface area contributed by atoms with Gasteiger partial charge in [0.25, 0.3) is 0 Å². The molecule has 2 aromatic carbocycles. The molecule has 0 saturated carbocycles. The van der Waals surface area contributed by atoms with Crippen molar-refractivity contribution in [3.63, 3.8) is 0 Å². The Morgan fingerprint density at radius 2 is 1.54 bits per heavy atom. The summed E-state index contributed by atoms with van der Waals surface area (Å²) in [6.45, 7) is 4.03. The summed E-state index contributed by atoms with van der Waals surface area (Å²) >= 11 is 0. The van der Waals surface area contributed by atoms with Crippen LogP contribution in [0.1, 0.15) is 6.92 Å². The first kappa shape index (κ1) is 21.8. The highest BCUT2D eigenvalue weighted by molar-refractivity contribution is 5.92. The normalized spacial score (nSPS) is 9.92. The fourth-order valence-electron chi connectivity index (χ4n) is 2.09. The average Bonchev–Trinajstić information content (AvgIpc) is 2.62. The quantitative estimate of drug-likeness (QED) is 0.618. The number of amides is 1. The van der Waals surface area contributed by atoms with Gasteiger partial charge in [-0.3, -0.25) is 4.79 Å². The fourth-order valence-corrected chi connectivity index (χ4v) is 2.09. The zero-order valence-corrected chi connectivity index (χ0v) is 15.8. The number of anilines is 1. The minimum absolute atomic E-state index is 0. The van der Waals surface area contributed by atoms with Crippen LogP contribution in [-0.2, 0) is 9.53 Å². The smallest absolute Gasteiger partial charge is 0.238 e. The number of hydrogen-bond acceptors (Lipinski definition) is 5. The number of carbonyl (C=O) groups excluding carboxylic acids is 1. The van der Waals surface area contributed by atoms with E-state index in [1.807, 2.05) is 43.3 Å². The van der Waals surface area contributed by atoms with E-state index >= 15 is 0 Å². The SMILES string of the molecule is CCOc1ccc(Oc2ccc(NC(=O)CNCCOC)cc2)cc1.Cl. The van der Waals surface area contributed by atoms with Crippen molar-refractivity contribution in [2.24, 2.45) is 0 Å². The molecule has 0 aliphatic carbocycles. The Balaban J connectivity index is 0.00000338. The summed E-state index contributed by atoms with van der Waals surface area (Å²) in [6, 6.07) is 14.7. The van der Waals surface area contributed by atoms with E-state index in [1.54, 1.807) is 19.2 Å². The summed E-state index contributed by atoms with van der Waals surface area (Å²) in [6.07, 6.45) is 0. The molecule has 0 fully saturated rings. The second-order valence-corrected chi connectivity index (χ2v) is 5.25. The van der Waals surface area contributed by atoms with Crippen LogP contribution >= 0.6 is 12.4 Å². The highest BCUT2D eigenvalue weighted by atomic mass is 35.5. The molecule has 0 unspecified atom stereocenters. The molecule has 0 radical (unpaired) electrons. The summed E-state index contributed by atoms with van der Waals surface area (Å²) in [5, 5.41) is 5.81. The Bertz CT molecular complexity index is 648. The Labute approximate surface area is 160 Å². The molecule has 0 saturated heterocycles. The summed E-state index contributed by atoms with van der Waals surface area (Å²) < 4.78 is 16.1. The van der Waals surface area contributed by atoms with Crippen molar-refractivity contribution >= 4 is 24.0 Å². The van der Waals surface area contributed by atoms with Crippen LogP contribution in [0.25, 0.3) is 0 Å². The lowest BCUT2D eigenvalue weighted by molar-refractivity contribution is -0.115. The van der Waals surface area contributed by atoms with Crippen LogP contribution in [-0.4, -0.2) is 39.3 Å². The number of rotatable bonds is 10. The van der Waals surface area contributed by atoms with Gasteiger partial charge in [0.05, 0.1) is 19.8 Å². The van der Waals surface area contributed by atoms with E-state index in [0.717, 1.165) is 17.2 Å². The summed E-state index contributed by atoms with van der Waals surface area (Å²) in [7, 11) is 1.62. The standard InChI is InChI=1S/C19H24N2O4.ClH/c1-3-24-16-8-10-18(11-9-16)25-17-6-4-15(5-7-17)21-19(22)14-20-12-13-23-2;/h4-11,20H,3,12-14H2,1-2H3,(H,21,22);1H. The third-order valence-electron chi connectivity index (χ3n) is 3.28. The minimum Gasteiger partial charge on any atom is -0.494 e. The minimum atomic E-state index is -0.101. The molecule has 0 aliphatic rings. The molecular weight excluding hydrogens is 356 g/mol. The van der Waals surface area contributed by atoms with Gasteiger partial charge in [0.1, 0.15) is 17.2 Å². The van der Waals surface area contributed by atoms with Gasteiger partial charge in [-0.15, -0.1) is 12.4 Å². The first-order valence-electron chi connectivity index (χ1n) is 8.21. The lowest BCUT2D eigenvalue weighted by Gasteiger charge is -2.09. The van der Waals surface area contributed by atoms with E-state index in [9.17, 15) is 4.79 Å². The van der Waals surface area contributed by atoms with Gasteiger partial charge in [-0.1, -0.05) is 0 Å². The Morgan fingerprint density at radius 3 is 2.12 bits per heavy atom. The van der Waals surface area contributed by atoms with Gasteiger partial charge >= 0.3 is 0 Å². The Morgan fingerprint density at radius 1 is 0.962 bits per heavy atom. The van der Waals surface area contributed by atoms with Crippen molar-refractivity contribution in [2.75, 3.05) is 38.7 Å². The molecule has 0 heterocycles. The number of nitrogens with one attached hydrogen (secondary N) is 2. The van der Waals surface area contributed by atoms with Crippen LogP contribution in [0.2, 0.25) is 0 Å². The van der Waals surface area contributed by atoms with Crippen molar-refractivity contribution in [3.8, 4) is 17.2 Å². The number of halogens is 1.